The van der Waals surface area contributed by atoms with E-state index in [9.17, 15) is 0 Å². The smallest absolute Gasteiger partial charge is 0.0742 e. The van der Waals surface area contributed by atoms with Gasteiger partial charge in [0.25, 0.3) is 0 Å². The van der Waals surface area contributed by atoms with Crippen molar-refractivity contribution in [3.05, 3.63) is 66.5 Å². The molecule has 0 bridgehead atoms. The zero-order valence-electron chi connectivity index (χ0n) is 10.1. The van der Waals surface area contributed by atoms with E-state index in [1.807, 2.05) is 24.4 Å². The molecule has 0 saturated carbocycles. The quantitative estimate of drug-likeness (QED) is 0.682. The van der Waals surface area contributed by atoms with Gasteiger partial charge in [0.15, 0.2) is 0 Å². The number of hydrogen-bond donors (Lipinski definition) is 0. The molecule has 0 aliphatic heterocycles. The lowest BCUT2D eigenvalue weighted by atomic mass is 10.0. The van der Waals surface area contributed by atoms with Crippen LogP contribution in [0.1, 0.15) is 5.56 Å². The number of nitrogens with zero attached hydrogens (tertiary/aromatic N) is 3. The fourth-order valence-corrected chi connectivity index (χ4v) is 2.04. The minimum Gasteiger partial charge on any atom is -0.220 e. The van der Waals surface area contributed by atoms with Gasteiger partial charge in [-0.3, -0.25) is 0 Å². The van der Waals surface area contributed by atoms with E-state index in [1.54, 1.807) is 10.9 Å². The van der Waals surface area contributed by atoms with Gasteiger partial charge >= 0.3 is 0 Å². The Labute approximate surface area is 106 Å². The topological polar surface area (TPSA) is 30.7 Å². The van der Waals surface area contributed by atoms with Crippen molar-refractivity contribution < 1.29 is 0 Å². The van der Waals surface area contributed by atoms with E-state index in [-0.39, 0.29) is 0 Å². The lowest BCUT2D eigenvalue weighted by Crippen LogP contribution is -1.98. The van der Waals surface area contributed by atoms with E-state index >= 15 is 0 Å². The summed E-state index contributed by atoms with van der Waals surface area (Å²) in [4.78, 5) is 0. The van der Waals surface area contributed by atoms with Crippen molar-refractivity contribution in [1.82, 2.24) is 15.0 Å². The monoisotopic (exact) mass is 235 g/mol. The molecule has 0 aliphatic rings. The van der Waals surface area contributed by atoms with Crippen molar-refractivity contribution in [3.8, 4) is 16.8 Å². The van der Waals surface area contributed by atoms with Gasteiger partial charge in [-0.2, -0.15) is 0 Å². The fourth-order valence-electron chi connectivity index (χ4n) is 2.04. The minimum atomic E-state index is 1.05. The largest absolute Gasteiger partial charge is 0.220 e. The van der Waals surface area contributed by atoms with Gasteiger partial charge in [0.05, 0.1) is 18.1 Å². The Morgan fingerprint density at radius 2 is 1.83 bits per heavy atom. The van der Waals surface area contributed by atoms with Gasteiger partial charge in [-0.25, -0.2) is 4.68 Å². The van der Waals surface area contributed by atoms with Gasteiger partial charge in [-0.1, -0.05) is 47.2 Å². The lowest BCUT2D eigenvalue weighted by Gasteiger charge is -2.10. The van der Waals surface area contributed by atoms with Crippen molar-refractivity contribution in [3.63, 3.8) is 0 Å². The van der Waals surface area contributed by atoms with E-state index in [0.717, 1.165) is 5.69 Å². The van der Waals surface area contributed by atoms with E-state index in [2.05, 4.69) is 47.6 Å². The van der Waals surface area contributed by atoms with Crippen LogP contribution in [0.5, 0.6) is 0 Å². The van der Waals surface area contributed by atoms with Crippen LogP contribution in [0.15, 0.2) is 60.9 Å². The van der Waals surface area contributed by atoms with E-state index in [1.165, 1.54) is 16.7 Å². The highest BCUT2D eigenvalue weighted by molar-refractivity contribution is 5.73. The molecule has 0 spiro atoms. The van der Waals surface area contributed by atoms with Gasteiger partial charge in [0, 0.05) is 5.56 Å². The van der Waals surface area contributed by atoms with Crippen LogP contribution in [-0.4, -0.2) is 15.0 Å². The van der Waals surface area contributed by atoms with Crippen molar-refractivity contribution >= 4 is 0 Å². The zero-order valence-corrected chi connectivity index (χ0v) is 10.1. The number of aromatic nitrogens is 3. The second kappa shape index (κ2) is 4.45. The Kier molecular flexibility index (Phi) is 2.65. The Morgan fingerprint density at radius 3 is 2.56 bits per heavy atom. The minimum absolute atomic E-state index is 1.05. The van der Waals surface area contributed by atoms with Crippen LogP contribution in [0.4, 0.5) is 0 Å². The predicted molar refractivity (Wildman–Crippen MR) is 71.5 cm³/mol. The Morgan fingerprint density at radius 1 is 1.00 bits per heavy atom. The first-order valence-corrected chi connectivity index (χ1v) is 5.87. The molecule has 0 radical (unpaired) electrons. The van der Waals surface area contributed by atoms with Crippen molar-refractivity contribution in [1.29, 1.82) is 0 Å². The van der Waals surface area contributed by atoms with Crippen LogP contribution < -0.4 is 0 Å². The van der Waals surface area contributed by atoms with Crippen molar-refractivity contribution in [2.75, 3.05) is 0 Å². The summed E-state index contributed by atoms with van der Waals surface area (Å²) < 4.78 is 1.79. The van der Waals surface area contributed by atoms with Crippen LogP contribution in [0.3, 0.4) is 0 Å². The SMILES string of the molecule is Cc1ccc(-n2ccnn2)c(-c2ccccc2)c1. The maximum atomic E-state index is 4.07. The molecular weight excluding hydrogens is 222 g/mol. The van der Waals surface area contributed by atoms with E-state index in [4.69, 9.17) is 0 Å². The Hall–Kier alpha value is -2.42. The van der Waals surface area contributed by atoms with E-state index < -0.39 is 0 Å². The third-order valence-electron chi connectivity index (χ3n) is 2.91. The summed E-state index contributed by atoms with van der Waals surface area (Å²) in [6.45, 7) is 2.09. The molecule has 88 valence electrons. The summed E-state index contributed by atoms with van der Waals surface area (Å²) >= 11 is 0. The summed E-state index contributed by atoms with van der Waals surface area (Å²) in [6, 6.07) is 16.7. The summed E-state index contributed by atoms with van der Waals surface area (Å²) in [5.74, 6) is 0. The molecule has 3 rings (SSSR count). The van der Waals surface area contributed by atoms with Gasteiger partial charge in [-0.15, -0.1) is 5.10 Å². The first kappa shape index (κ1) is 10.7. The summed E-state index contributed by atoms with van der Waals surface area (Å²) in [7, 11) is 0. The molecule has 2 aromatic carbocycles. The molecule has 0 fully saturated rings. The summed E-state index contributed by atoms with van der Waals surface area (Å²) in [6.07, 6.45) is 3.55. The number of hydrogen-bond acceptors (Lipinski definition) is 2. The van der Waals surface area contributed by atoms with Gasteiger partial charge in [-0.05, 0) is 24.6 Å². The van der Waals surface area contributed by atoms with Crippen LogP contribution in [0, 0.1) is 6.92 Å². The van der Waals surface area contributed by atoms with Crippen LogP contribution in [0.2, 0.25) is 0 Å². The molecule has 3 nitrogen and oxygen atoms in total. The van der Waals surface area contributed by atoms with Gasteiger partial charge in [0.1, 0.15) is 0 Å². The third kappa shape index (κ3) is 1.91. The number of benzene rings is 2. The molecule has 0 amide bonds. The highest BCUT2D eigenvalue weighted by Gasteiger charge is 2.07. The number of aryl methyl sites for hydroxylation is 1. The standard InChI is InChI=1S/C15H13N3/c1-12-7-8-15(18-10-9-16-17-18)14(11-12)13-5-3-2-4-6-13/h2-11H,1H3. The van der Waals surface area contributed by atoms with Crippen molar-refractivity contribution in [2.45, 2.75) is 6.92 Å². The molecule has 0 saturated heterocycles. The Balaban J connectivity index is 2.22. The molecule has 3 aromatic rings. The Bertz CT molecular complexity index is 643. The maximum Gasteiger partial charge on any atom is 0.0742 e. The second-order valence-electron chi connectivity index (χ2n) is 4.23. The zero-order chi connectivity index (χ0) is 12.4. The highest BCUT2D eigenvalue weighted by atomic mass is 15.4. The molecule has 0 unspecified atom stereocenters. The van der Waals surface area contributed by atoms with Crippen LogP contribution in [0.25, 0.3) is 16.8 Å². The molecule has 18 heavy (non-hydrogen) atoms. The first-order valence-electron chi connectivity index (χ1n) is 5.87. The van der Waals surface area contributed by atoms with Gasteiger partial charge < -0.3 is 0 Å². The number of rotatable bonds is 2. The predicted octanol–water partition coefficient (Wildman–Crippen LogP) is 3.24. The normalized spacial score (nSPS) is 10.5. The lowest BCUT2D eigenvalue weighted by molar-refractivity contribution is 0.804. The average molecular weight is 235 g/mol. The molecule has 1 aromatic heterocycles. The maximum absolute atomic E-state index is 4.07. The highest BCUT2D eigenvalue weighted by Crippen LogP contribution is 2.27. The average Bonchev–Trinajstić information content (AvgIpc) is 2.93. The molecule has 3 heteroatoms. The van der Waals surface area contributed by atoms with Crippen LogP contribution in [-0.2, 0) is 0 Å². The third-order valence-corrected chi connectivity index (χ3v) is 2.91. The fraction of sp³-hybridized carbons (Fsp3) is 0.0667. The summed E-state index contributed by atoms with van der Waals surface area (Å²) in [5, 5.41) is 7.94. The first-order chi connectivity index (χ1) is 8.84. The molecule has 0 aliphatic carbocycles. The molecular formula is C15H13N3. The molecule has 1 heterocycles. The summed E-state index contributed by atoms with van der Waals surface area (Å²) in [5.41, 5.74) is 4.63. The second-order valence-corrected chi connectivity index (χ2v) is 4.23. The van der Waals surface area contributed by atoms with Gasteiger partial charge in [0.2, 0.25) is 0 Å². The van der Waals surface area contributed by atoms with Crippen molar-refractivity contribution in [2.24, 2.45) is 0 Å². The van der Waals surface area contributed by atoms with Crippen LogP contribution >= 0.6 is 0 Å². The molecule has 0 N–H and O–H groups in total. The van der Waals surface area contributed by atoms with E-state index in [0.29, 0.717) is 0 Å². The molecule has 0 atom stereocenters.